The number of rotatable bonds is 8. The van der Waals surface area contributed by atoms with E-state index in [1.54, 1.807) is 26.0 Å². The molecule has 9 heteroatoms. The van der Waals surface area contributed by atoms with Crippen molar-refractivity contribution in [2.24, 2.45) is 0 Å². The maximum Gasteiger partial charge on any atom is 0.380 e. The Hall–Kier alpha value is -1.50. The van der Waals surface area contributed by atoms with Crippen LogP contribution in [0.4, 0.5) is 10.1 Å². The number of amides is 1. The van der Waals surface area contributed by atoms with Gasteiger partial charge in [-0.15, -0.1) is 0 Å². The summed E-state index contributed by atoms with van der Waals surface area (Å²) in [6.45, 7) is 1.03. The minimum absolute atomic E-state index is 0.136. The first-order valence-electron chi connectivity index (χ1n) is 7.82. The molecule has 0 spiro atoms. The van der Waals surface area contributed by atoms with Crippen molar-refractivity contribution in [3.05, 3.63) is 58.9 Å². The van der Waals surface area contributed by atoms with Crippen LogP contribution < -0.4 is 9.84 Å². The highest BCUT2D eigenvalue weighted by molar-refractivity contribution is 8.07. The highest BCUT2D eigenvalue weighted by Crippen LogP contribution is 2.50. The third-order valence-corrected chi connectivity index (χ3v) is 5.72. The fourth-order valence-electron chi connectivity index (χ4n) is 2.05. The van der Waals surface area contributed by atoms with Gasteiger partial charge in [0, 0.05) is 28.6 Å². The van der Waals surface area contributed by atoms with E-state index in [2.05, 4.69) is 5.32 Å². The molecule has 2 aromatic carbocycles. The average molecular weight is 418 g/mol. The Kier molecular flexibility index (Phi) is 7.55. The maximum absolute atomic E-state index is 13.3. The van der Waals surface area contributed by atoms with Crippen molar-refractivity contribution in [2.45, 2.75) is 13.8 Å². The number of carbonyl (C=O) groups is 1. The lowest BCUT2D eigenvalue weighted by molar-refractivity contribution is 0.102. The van der Waals surface area contributed by atoms with Crippen molar-refractivity contribution in [1.29, 1.82) is 0 Å². The minimum Gasteiger partial charge on any atom is -0.423 e. The van der Waals surface area contributed by atoms with Crippen molar-refractivity contribution >= 4 is 41.7 Å². The van der Waals surface area contributed by atoms with Crippen LogP contribution in [0.1, 0.15) is 24.2 Å². The number of nitrogens with one attached hydrogen (secondary N) is 1. The Morgan fingerprint density at radius 3 is 2.50 bits per heavy atom. The summed E-state index contributed by atoms with van der Waals surface area (Å²) in [7, 11) is 0. The van der Waals surface area contributed by atoms with Crippen molar-refractivity contribution in [3.8, 4) is 5.75 Å². The molecule has 0 unspecified atom stereocenters. The van der Waals surface area contributed by atoms with E-state index < -0.39 is 18.4 Å². The molecule has 5 nitrogen and oxygen atoms in total. The molecule has 0 radical (unpaired) electrons. The third-order valence-electron chi connectivity index (χ3n) is 3.06. The molecule has 0 saturated heterocycles. The summed E-state index contributed by atoms with van der Waals surface area (Å²) in [4.78, 5) is 12.6. The van der Waals surface area contributed by atoms with Crippen LogP contribution >= 0.6 is 18.3 Å². The molecule has 0 atom stereocenters. The molecule has 1 amide bonds. The minimum atomic E-state index is -3.08. The van der Waals surface area contributed by atoms with Gasteiger partial charge in [-0.2, -0.15) is 0 Å². The second-order valence-electron chi connectivity index (χ2n) is 4.98. The first kappa shape index (κ1) is 20.8. The number of hydrogen-bond donors (Lipinski definition) is 1. The van der Waals surface area contributed by atoms with Gasteiger partial charge in [0.1, 0.15) is 11.6 Å². The standard InChI is InChI=1S/C17H18ClFNO4PS/c1-3-22-25(26,23-4-2)24-16-10-12(18)8-9-15(16)17(21)20-14-7-5-6-13(19)11-14/h5-11H,3-4H2,1-2H3,(H,20,21). The normalized spacial score (nSPS) is 11.2. The lowest BCUT2D eigenvalue weighted by atomic mass is 10.2. The van der Waals surface area contributed by atoms with Crippen LogP contribution in [0, 0.1) is 5.82 Å². The predicted molar refractivity (Wildman–Crippen MR) is 104 cm³/mol. The Labute approximate surface area is 161 Å². The molecule has 0 aromatic heterocycles. The van der Waals surface area contributed by atoms with E-state index in [0.717, 1.165) is 0 Å². The van der Waals surface area contributed by atoms with E-state index >= 15 is 0 Å². The SMILES string of the molecule is CCOP(=S)(OCC)Oc1cc(Cl)ccc1C(=O)Nc1cccc(F)c1. The van der Waals surface area contributed by atoms with Gasteiger partial charge in [0.25, 0.3) is 5.91 Å². The van der Waals surface area contributed by atoms with Crippen molar-refractivity contribution in [1.82, 2.24) is 0 Å². The Balaban J connectivity index is 2.31. The van der Waals surface area contributed by atoms with Crippen molar-refractivity contribution in [3.63, 3.8) is 0 Å². The summed E-state index contributed by atoms with van der Waals surface area (Å²) in [5, 5.41) is 2.96. The Morgan fingerprint density at radius 1 is 1.19 bits per heavy atom. The summed E-state index contributed by atoms with van der Waals surface area (Å²) in [5.74, 6) is -0.827. The number of benzene rings is 2. The van der Waals surface area contributed by atoms with Gasteiger partial charge < -0.3 is 9.84 Å². The van der Waals surface area contributed by atoms with Crippen LogP contribution in [-0.2, 0) is 20.9 Å². The van der Waals surface area contributed by atoms with Crippen molar-refractivity contribution in [2.75, 3.05) is 18.5 Å². The van der Waals surface area contributed by atoms with Crippen LogP contribution in [0.2, 0.25) is 5.02 Å². The quantitative estimate of drug-likeness (QED) is 0.582. The number of anilines is 1. The van der Waals surface area contributed by atoms with Gasteiger partial charge in [-0.05, 0) is 44.2 Å². The summed E-state index contributed by atoms with van der Waals surface area (Å²) in [5.41, 5.74) is 0.484. The van der Waals surface area contributed by atoms with Gasteiger partial charge in [-0.3, -0.25) is 13.8 Å². The molecule has 0 bridgehead atoms. The fraction of sp³-hybridized carbons (Fsp3) is 0.235. The van der Waals surface area contributed by atoms with E-state index in [4.69, 9.17) is 37.0 Å². The van der Waals surface area contributed by atoms with Gasteiger partial charge in [0.15, 0.2) is 0 Å². The first-order valence-corrected chi connectivity index (χ1v) is 10.8. The number of halogens is 2. The molecular weight excluding hydrogens is 400 g/mol. The molecule has 0 saturated carbocycles. The zero-order chi connectivity index (χ0) is 19.2. The topological polar surface area (TPSA) is 56.8 Å². The largest absolute Gasteiger partial charge is 0.423 e. The molecular formula is C17H18ClFNO4PS. The Morgan fingerprint density at radius 2 is 1.88 bits per heavy atom. The second-order valence-corrected chi connectivity index (χ2v) is 8.35. The first-order chi connectivity index (χ1) is 12.4. The van der Waals surface area contributed by atoms with Gasteiger partial charge in [-0.25, -0.2) is 4.39 Å². The molecule has 0 aliphatic carbocycles. The van der Waals surface area contributed by atoms with Crippen molar-refractivity contribution < 1.29 is 22.8 Å². The van der Waals surface area contributed by atoms with Crippen LogP contribution in [-0.4, -0.2) is 19.1 Å². The highest BCUT2D eigenvalue weighted by Gasteiger charge is 2.25. The zero-order valence-electron chi connectivity index (χ0n) is 14.2. The number of carbonyl (C=O) groups excluding carboxylic acids is 1. The van der Waals surface area contributed by atoms with E-state index in [1.165, 1.54) is 30.3 Å². The highest BCUT2D eigenvalue weighted by atomic mass is 35.5. The molecule has 1 N–H and O–H groups in total. The molecule has 2 rings (SSSR count). The maximum atomic E-state index is 13.3. The molecule has 0 aliphatic heterocycles. The average Bonchev–Trinajstić information content (AvgIpc) is 2.55. The summed E-state index contributed by atoms with van der Waals surface area (Å²) < 4.78 is 29.9. The number of hydrogen-bond acceptors (Lipinski definition) is 5. The smallest absolute Gasteiger partial charge is 0.380 e. The zero-order valence-corrected chi connectivity index (χ0v) is 16.7. The molecule has 2 aromatic rings. The monoisotopic (exact) mass is 417 g/mol. The molecule has 0 heterocycles. The van der Waals surface area contributed by atoms with Crippen LogP contribution in [0.15, 0.2) is 42.5 Å². The molecule has 0 fully saturated rings. The van der Waals surface area contributed by atoms with Crippen LogP contribution in [0.5, 0.6) is 5.75 Å². The fourth-order valence-corrected chi connectivity index (χ4v) is 4.29. The summed E-state index contributed by atoms with van der Waals surface area (Å²) >= 11 is 11.4. The Bertz CT molecular complexity index is 826. The van der Waals surface area contributed by atoms with E-state index in [9.17, 15) is 9.18 Å². The van der Waals surface area contributed by atoms with E-state index in [-0.39, 0.29) is 11.3 Å². The molecule has 0 aliphatic rings. The van der Waals surface area contributed by atoms with E-state index in [1.807, 2.05) is 0 Å². The van der Waals surface area contributed by atoms with Gasteiger partial charge in [-0.1, -0.05) is 17.7 Å². The second kappa shape index (κ2) is 9.44. The molecule has 26 heavy (non-hydrogen) atoms. The van der Waals surface area contributed by atoms with Gasteiger partial charge in [0.05, 0.1) is 18.8 Å². The van der Waals surface area contributed by atoms with Gasteiger partial charge in [0.2, 0.25) is 0 Å². The predicted octanol–water partition coefficient (Wildman–Crippen LogP) is 5.41. The summed E-state index contributed by atoms with van der Waals surface area (Å²) in [6, 6.07) is 10.0. The van der Waals surface area contributed by atoms with Crippen LogP contribution in [0.25, 0.3) is 0 Å². The summed E-state index contributed by atoms with van der Waals surface area (Å²) in [6.07, 6.45) is 0. The van der Waals surface area contributed by atoms with E-state index in [0.29, 0.717) is 23.9 Å². The molecule has 140 valence electrons. The van der Waals surface area contributed by atoms with Crippen LogP contribution in [0.3, 0.4) is 0 Å². The van der Waals surface area contributed by atoms with Gasteiger partial charge >= 0.3 is 6.72 Å². The third kappa shape index (κ3) is 5.76. The lowest BCUT2D eigenvalue weighted by Crippen LogP contribution is -2.14. The lowest BCUT2D eigenvalue weighted by Gasteiger charge is -2.22.